The highest BCUT2D eigenvalue weighted by Gasteiger charge is 2.30. The second kappa shape index (κ2) is 7.81. The van der Waals surface area contributed by atoms with Crippen LogP contribution >= 0.6 is 12.2 Å². The second-order valence-electron chi connectivity index (χ2n) is 4.00. The van der Waals surface area contributed by atoms with Gasteiger partial charge in [0.05, 0.1) is 6.61 Å². The maximum absolute atomic E-state index is 5.37. The zero-order valence-electron chi connectivity index (χ0n) is 10.2. The number of hydrogen-bond acceptors (Lipinski definition) is 3. The fourth-order valence-electron chi connectivity index (χ4n) is 1.54. The Kier molecular flexibility index (Phi) is 6.68. The van der Waals surface area contributed by atoms with Gasteiger partial charge in [-0.2, -0.15) is 0 Å². The molecule has 0 aromatic carbocycles. The summed E-state index contributed by atoms with van der Waals surface area (Å²) in [6, 6.07) is 0.637. The Bertz CT molecular complexity index is 210. The lowest BCUT2D eigenvalue weighted by Gasteiger charge is -2.25. The van der Waals surface area contributed by atoms with Crippen molar-refractivity contribution in [3.05, 3.63) is 0 Å². The Morgan fingerprint density at radius 1 is 1.31 bits per heavy atom. The number of hydrogen-bond donors (Lipinski definition) is 1. The molecule has 1 N–H and O–H groups in total. The van der Waals surface area contributed by atoms with Crippen molar-refractivity contribution in [1.82, 2.24) is 10.2 Å². The number of nitrogens with zero attached hydrogens (tertiary/aromatic N) is 1. The lowest BCUT2D eigenvalue weighted by molar-refractivity contribution is 0.173. The van der Waals surface area contributed by atoms with E-state index in [4.69, 9.17) is 21.7 Å². The average molecular weight is 246 g/mol. The summed E-state index contributed by atoms with van der Waals surface area (Å²) < 4.78 is 10.1. The summed E-state index contributed by atoms with van der Waals surface area (Å²) in [7, 11) is 3.44. The van der Waals surface area contributed by atoms with Crippen molar-refractivity contribution in [3.8, 4) is 0 Å². The van der Waals surface area contributed by atoms with Crippen molar-refractivity contribution in [1.29, 1.82) is 0 Å². The molecule has 1 fully saturated rings. The summed E-state index contributed by atoms with van der Waals surface area (Å²) in [6.07, 6.45) is 3.49. The van der Waals surface area contributed by atoms with Crippen molar-refractivity contribution in [2.45, 2.75) is 25.3 Å². The van der Waals surface area contributed by atoms with E-state index in [1.807, 2.05) is 0 Å². The van der Waals surface area contributed by atoms with E-state index in [9.17, 15) is 0 Å². The van der Waals surface area contributed by atoms with Crippen LogP contribution in [0.1, 0.15) is 19.3 Å². The summed E-state index contributed by atoms with van der Waals surface area (Å²) in [4.78, 5) is 2.24. The van der Waals surface area contributed by atoms with Gasteiger partial charge in [0.15, 0.2) is 5.11 Å². The number of thiocarbonyl (C=S) groups is 1. The number of methoxy groups -OCH3 is 2. The molecule has 0 aromatic rings. The Morgan fingerprint density at radius 2 is 2.00 bits per heavy atom. The molecule has 0 bridgehead atoms. The molecule has 0 heterocycles. The molecule has 0 spiro atoms. The van der Waals surface area contributed by atoms with Gasteiger partial charge in [0, 0.05) is 40.0 Å². The quantitative estimate of drug-likeness (QED) is 0.510. The SMILES string of the molecule is COCCCNC(=S)N(CCOC)C1CC1. The number of nitrogens with one attached hydrogen (secondary N) is 1. The van der Waals surface area contributed by atoms with Crippen LogP contribution in [0.5, 0.6) is 0 Å². The first-order valence-electron chi connectivity index (χ1n) is 5.82. The van der Waals surface area contributed by atoms with Gasteiger partial charge >= 0.3 is 0 Å². The topological polar surface area (TPSA) is 33.7 Å². The molecular formula is C11H22N2O2S. The Balaban J connectivity index is 2.19. The second-order valence-corrected chi connectivity index (χ2v) is 4.38. The minimum Gasteiger partial charge on any atom is -0.385 e. The van der Waals surface area contributed by atoms with Gasteiger partial charge in [0.1, 0.15) is 0 Å². The molecule has 1 aliphatic carbocycles. The standard InChI is InChI=1S/C11H22N2O2S/c1-14-8-3-6-12-11(16)13(7-9-15-2)10-4-5-10/h10H,3-9H2,1-2H3,(H,12,16). The maximum Gasteiger partial charge on any atom is 0.169 e. The molecule has 0 amide bonds. The van der Waals surface area contributed by atoms with Gasteiger partial charge in [0.25, 0.3) is 0 Å². The summed E-state index contributed by atoms with van der Waals surface area (Å²) in [5, 5.41) is 4.13. The van der Waals surface area contributed by atoms with Crippen molar-refractivity contribution in [2.75, 3.05) is 40.5 Å². The molecule has 0 saturated heterocycles. The molecule has 1 aliphatic rings. The van der Waals surface area contributed by atoms with Gasteiger partial charge in [-0.25, -0.2) is 0 Å². The maximum atomic E-state index is 5.37. The normalized spacial score (nSPS) is 14.9. The Hall–Kier alpha value is -0.390. The highest BCUT2D eigenvalue weighted by atomic mass is 32.1. The van der Waals surface area contributed by atoms with Crippen LogP contribution in [-0.4, -0.2) is 56.6 Å². The van der Waals surface area contributed by atoms with E-state index in [1.165, 1.54) is 12.8 Å². The van der Waals surface area contributed by atoms with Crippen LogP contribution in [-0.2, 0) is 9.47 Å². The van der Waals surface area contributed by atoms with Gasteiger partial charge < -0.3 is 19.7 Å². The van der Waals surface area contributed by atoms with E-state index >= 15 is 0 Å². The third kappa shape index (κ3) is 5.09. The van der Waals surface area contributed by atoms with Crippen LogP contribution in [0, 0.1) is 0 Å². The summed E-state index contributed by atoms with van der Waals surface area (Å²) in [6.45, 7) is 3.27. The van der Waals surface area contributed by atoms with Crippen LogP contribution in [0.3, 0.4) is 0 Å². The van der Waals surface area contributed by atoms with E-state index in [1.54, 1.807) is 14.2 Å². The van der Waals surface area contributed by atoms with Crippen LogP contribution in [0.4, 0.5) is 0 Å². The highest BCUT2D eigenvalue weighted by molar-refractivity contribution is 7.80. The molecule has 4 nitrogen and oxygen atoms in total. The van der Waals surface area contributed by atoms with E-state index < -0.39 is 0 Å². The number of ether oxygens (including phenoxy) is 2. The molecule has 0 aliphatic heterocycles. The summed E-state index contributed by atoms with van der Waals surface area (Å²) in [5.41, 5.74) is 0. The van der Waals surface area contributed by atoms with Crippen LogP contribution < -0.4 is 5.32 Å². The lowest BCUT2D eigenvalue weighted by atomic mass is 10.4. The first-order valence-corrected chi connectivity index (χ1v) is 6.22. The van der Waals surface area contributed by atoms with E-state index in [2.05, 4.69) is 10.2 Å². The van der Waals surface area contributed by atoms with E-state index in [0.717, 1.165) is 37.8 Å². The largest absolute Gasteiger partial charge is 0.385 e. The molecule has 5 heteroatoms. The van der Waals surface area contributed by atoms with Gasteiger partial charge in [-0.15, -0.1) is 0 Å². The predicted octanol–water partition coefficient (Wildman–Crippen LogP) is 1.01. The smallest absolute Gasteiger partial charge is 0.169 e. The van der Waals surface area contributed by atoms with Crippen LogP contribution in [0.15, 0.2) is 0 Å². The first kappa shape index (κ1) is 13.7. The lowest BCUT2D eigenvalue weighted by Crippen LogP contribution is -2.43. The molecule has 16 heavy (non-hydrogen) atoms. The zero-order valence-corrected chi connectivity index (χ0v) is 11.0. The van der Waals surface area contributed by atoms with E-state index in [-0.39, 0.29) is 0 Å². The van der Waals surface area contributed by atoms with Crippen molar-refractivity contribution < 1.29 is 9.47 Å². The fraction of sp³-hybridized carbons (Fsp3) is 0.909. The Morgan fingerprint density at radius 3 is 2.56 bits per heavy atom. The zero-order chi connectivity index (χ0) is 11.8. The first-order chi connectivity index (χ1) is 7.79. The molecule has 0 unspecified atom stereocenters. The molecule has 94 valence electrons. The highest BCUT2D eigenvalue weighted by Crippen LogP contribution is 2.26. The minimum atomic E-state index is 0.637. The van der Waals surface area contributed by atoms with Gasteiger partial charge in [-0.3, -0.25) is 0 Å². The van der Waals surface area contributed by atoms with Crippen molar-refractivity contribution in [2.24, 2.45) is 0 Å². The fourth-order valence-corrected chi connectivity index (χ4v) is 1.88. The minimum absolute atomic E-state index is 0.637. The third-order valence-electron chi connectivity index (χ3n) is 2.59. The molecule has 1 saturated carbocycles. The molecule has 0 aromatic heterocycles. The molecular weight excluding hydrogens is 224 g/mol. The molecule has 0 atom stereocenters. The summed E-state index contributed by atoms with van der Waals surface area (Å²) in [5.74, 6) is 0. The van der Waals surface area contributed by atoms with Crippen LogP contribution in [0.2, 0.25) is 0 Å². The molecule has 1 rings (SSSR count). The van der Waals surface area contributed by atoms with Crippen molar-refractivity contribution in [3.63, 3.8) is 0 Å². The summed E-state index contributed by atoms with van der Waals surface area (Å²) >= 11 is 5.37. The van der Waals surface area contributed by atoms with E-state index in [0.29, 0.717) is 6.04 Å². The van der Waals surface area contributed by atoms with Gasteiger partial charge in [-0.05, 0) is 31.5 Å². The van der Waals surface area contributed by atoms with Gasteiger partial charge in [-0.1, -0.05) is 0 Å². The third-order valence-corrected chi connectivity index (χ3v) is 2.97. The van der Waals surface area contributed by atoms with Gasteiger partial charge in [0.2, 0.25) is 0 Å². The molecule has 0 radical (unpaired) electrons. The monoisotopic (exact) mass is 246 g/mol. The Labute approximate surface area is 103 Å². The number of rotatable bonds is 8. The van der Waals surface area contributed by atoms with Crippen molar-refractivity contribution >= 4 is 17.3 Å². The van der Waals surface area contributed by atoms with Crippen LogP contribution in [0.25, 0.3) is 0 Å². The average Bonchev–Trinajstić information content (AvgIpc) is 3.09. The predicted molar refractivity (Wildman–Crippen MR) is 68.7 cm³/mol.